The van der Waals surface area contributed by atoms with Crippen molar-refractivity contribution in [1.82, 2.24) is 0 Å². The van der Waals surface area contributed by atoms with E-state index in [4.69, 9.17) is 0 Å². The van der Waals surface area contributed by atoms with Gasteiger partial charge in [-0.25, -0.2) is 5.11 Å². The van der Waals surface area contributed by atoms with Crippen molar-refractivity contribution in [2.75, 3.05) is 0 Å². The Labute approximate surface area is 51.7 Å². The highest BCUT2D eigenvalue weighted by molar-refractivity contribution is 4.62. The second kappa shape index (κ2) is 3.08. The molecule has 0 aliphatic carbocycles. The van der Waals surface area contributed by atoms with Crippen LogP contribution in [-0.4, -0.2) is 6.10 Å². The van der Waals surface area contributed by atoms with Gasteiger partial charge in [-0.1, -0.05) is 27.7 Å². The van der Waals surface area contributed by atoms with Crippen molar-refractivity contribution in [2.45, 2.75) is 33.8 Å². The van der Waals surface area contributed by atoms with Crippen LogP contribution in [0.5, 0.6) is 0 Å². The van der Waals surface area contributed by atoms with E-state index < -0.39 is 0 Å². The number of hydrogen-bond donors (Lipinski definition) is 0. The SMILES string of the molecule is CC(C)C([O])C(C)C. The molecular weight excluding hydrogens is 100 g/mol. The van der Waals surface area contributed by atoms with Gasteiger partial charge < -0.3 is 0 Å². The molecule has 1 radical (unpaired) electrons. The largest absolute Gasteiger partial charge is 0.233 e. The van der Waals surface area contributed by atoms with Crippen LogP contribution < -0.4 is 0 Å². The quantitative estimate of drug-likeness (QED) is 0.525. The van der Waals surface area contributed by atoms with E-state index in [1.165, 1.54) is 0 Å². The molecule has 1 heteroatoms. The van der Waals surface area contributed by atoms with Gasteiger partial charge >= 0.3 is 0 Å². The summed E-state index contributed by atoms with van der Waals surface area (Å²) in [6, 6.07) is 0. The van der Waals surface area contributed by atoms with Crippen molar-refractivity contribution in [2.24, 2.45) is 11.8 Å². The molecule has 0 amide bonds. The molecule has 0 unspecified atom stereocenters. The van der Waals surface area contributed by atoms with Crippen LogP contribution in [-0.2, 0) is 5.11 Å². The predicted octanol–water partition coefficient (Wildman–Crippen LogP) is 2.10. The van der Waals surface area contributed by atoms with Crippen LogP contribution in [0.1, 0.15) is 27.7 Å². The van der Waals surface area contributed by atoms with Gasteiger partial charge in [-0.2, -0.15) is 0 Å². The van der Waals surface area contributed by atoms with E-state index in [-0.39, 0.29) is 17.9 Å². The first-order valence-electron chi connectivity index (χ1n) is 3.21. The van der Waals surface area contributed by atoms with E-state index >= 15 is 0 Å². The summed E-state index contributed by atoms with van der Waals surface area (Å²) < 4.78 is 0. The Morgan fingerprint density at radius 1 is 0.875 bits per heavy atom. The fourth-order valence-electron chi connectivity index (χ4n) is 0.770. The summed E-state index contributed by atoms with van der Waals surface area (Å²) in [5, 5.41) is 10.9. The fourth-order valence-corrected chi connectivity index (χ4v) is 0.770. The zero-order chi connectivity index (χ0) is 6.73. The van der Waals surface area contributed by atoms with E-state index in [1.807, 2.05) is 27.7 Å². The Morgan fingerprint density at radius 3 is 1.12 bits per heavy atom. The third-order valence-corrected chi connectivity index (χ3v) is 1.31. The normalized spacial score (nSPS) is 12.0. The third kappa shape index (κ3) is 2.31. The lowest BCUT2D eigenvalue weighted by atomic mass is 9.97. The van der Waals surface area contributed by atoms with Crippen LogP contribution in [0.25, 0.3) is 0 Å². The maximum Gasteiger partial charge on any atom is 0.0975 e. The number of rotatable bonds is 2. The Balaban J connectivity index is 3.46. The molecule has 0 atom stereocenters. The van der Waals surface area contributed by atoms with Crippen molar-refractivity contribution in [3.8, 4) is 0 Å². The van der Waals surface area contributed by atoms with Crippen molar-refractivity contribution < 1.29 is 5.11 Å². The monoisotopic (exact) mass is 115 g/mol. The summed E-state index contributed by atoms with van der Waals surface area (Å²) in [7, 11) is 0. The molecule has 0 aromatic heterocycles. The molecule has 49 valence electrons. The first-order chi connectivity index (χ1) is 3.55. The zero-order valence-corrected chi connectivity index (χ0v) is 6.14. The Morgan fingerprint density at radius 2 is 1.12 bits per heavy atom. The zero-order valence-electron chi connectivity index (χ0n) is 6.14. The standard InChI is InChI=1S/C7H15O/c1-5(2)7(8)6(3)4/h5-7H,1-4H3. The van der Waals surface area contributed by atoms with Crippen LogP contribution >= 0.6 is 0 Å². The molecule has 0 fully saturated rings. The van der Waals surface area contributed by atoms with Gasteiger partial charge in [0.05, 0.1) is 6.10 Å². The molecule has 0 aromatic carbocycles. The summed E-state index contributed by atoms with van der Waals surface area (Å²) >= 11 is 0. The maximum absolute atomic E-state index is 10.9. The van der Waals surface area contributed by atoms with Crippen LogP contribution in [0.4, 0.5) is 0 Å². The number of hydrogen-bond acceptors (Lipinski definition) is 0. The highest BCUT2D eigenvalue weighted by Crippen LogP contribution is 2.10. The van der Waals surface area contributed by atoms with Gasteiger partial charge in [0, 0.05) is 0 Å². The Kier molecular flexibility index (Phi) is 3.06. The Bertz CT molecular complexity index is 49.4. The van der Waals surface area contributed by atoms with Crippen LogP contribution in [0, 0.1) is 11.8 Å². The average molecular weight is 115 g/mol. The predicted molar refractivity (Wildman–Crippen MR) is 34.2 cm³/mol. The Hall–Kier alpha value is -0.0400. The van der Waals surface area contributed by atoms with Crippen molar-refractivity contribution in [3.05, 3.63) is 0 Å². The van der Waals surface area contributed by atoms with Gasteiger partial charge in [-0.3, -0.25) is 0 Å². The molecule has 0 rings (SSSR count). The summed E-state index contributed by atoms with van der Waals surface area (Å²) in [6.45, 7) is 7.88. The molecule has 0 aliphatic rings. The van der Waals surface area contributed by atoms with Gasteiger partial charge in [0.25, 0.3) is 0 Å². The van der Waals surface area contributed by atoms with Crippen molar-refractivity contribution in [1.29, 1.82) is 0 Å². The van der Waals surface area contributed by atoms with E-state index in [0.717, 1.165) is 0 Å². The molecule has 0 aromatic rings. The first kappa shape index (κ1) is 7.96. The maximum atomic E-state index is 10.9. The molecule has 0 saturated carbocycles. The van der Waals surface area contributed by atoms with Crippen molar-refractivity contribution in [3.63, 3.8) is 0 Å². The topological polar surface area (TPSA) is 19.9 Å². The smallest absolute Gasteiger partial charge is 0.0975 e. The molecule has 0 heterocycles. The molecule has 0 bridgehead atoms. The molecular formula is C7H15O. The molecule has 8 heavy (non-hydrogen) atoms. The van der Waals surface area contributed by atoms with E-state index in [2.05, 4.69) is 0 Å². The van der Waals surface area contributed by atoms with Gasteiger partial charge in [0.1, 0.15) is 0 Å². The lowest BCUT2D eigenvalue weighted by molar-refractivity contribution is 0.0128. The van der Waals surface area contributed by atoms with Gasteiger partial charge in [0.15, 0.2) is 0 Å². The minimum absolute atomic E-state index is 0.287. The highest BCUT2D eigenvalue weighted by atomic mass is 16.3. The molecule has 0 aliphatic heterocycles. The average Bonchev–Trinajstić information content (AvgIpc) is 1.64. The molecule has 0 N–H and O–H groups in total. The van der Waals surface area contributed by atoms with Crippen molar-refractivity contribution >= 4 is 0 Å². The van der Waals surface area contributed by atoms with E-state index in [0.29, 0.717) is 0 Å². The fraction of sp³-hybridized carbons (Fsp3) is 1.00. The molecule has 0 saturated heterocycles. The lowest BCUT2D eigenvalue weighted by Gasteiger charge is -2.14. The molecule has 0 spiro atoms. The van der Waals surface area contributed by atoms with Crippen LogP contribution in [0.3, 0.4) is 0 Å². The summed E-state index contributed by atoms with van der Waals surface area (Å²) in [4.78, 5) is 0. The third-order valence-electron chi connectivity index (χ3n) is 1.31. The second-order valence-electron chi connectivity index (χ2n) is 2.95. The highest BCUT2D eigenvalue weighted by Gasteiger charge is 2.14. The minimum Gasteiger partial charge on any atom is -0.233 e. The molecule has 1 nitrogen and oxygen atoms in total. The summed E-state index contributed by atoms with van der Waals surface area (Å²) in [5.74, 6) is 0.574. The summed E-state index contributed by atoms with van der Waals surface area (Å²) in [5.41, 5.74) is 0. The van der Waals surface area contributed by atoms with Gasteiger partial charge in [-0.15, -0.1) is 0 Å². The van der Waals surface area contributed by atoms with E-state index in [9.17, 15) is 5.11 Å². The van der Waals surface area contributed by atoms with E-state index in [1.54, 1.807) is 0 Å². The lowest BCUT2D eigenvalue weighted by Crippen LogP contribution is -2.19. The van der Waals surface area contributed by atoms with Crippen LogP contribution in [0.15, 0.2) is 0 Å². The first-order valence-corrected chi connectivity index (χ1v) is 3.21. The van der Waals surface area contributed by atoms with Crippen LogP contribution in [0.2, 0.25) is 0 Å². The van der Waals surface area contributed by atoms with Gasteiger partial charge in [-0.05, 0) is 11.8 Å². The van der Waals surface area contributed by atoms with Gasteiger partial charge in [0.2, 0.25) is 0 Å². The minimum atomic E-state index is -0.380. The second-order valence-corrected chi connectivity index (χ2v) is 2.95. The summed E-state index contributed by atoms with van der Waals surface area (Å²) in [6.07, 6.45) is -0.380.